The van der Waals surface area contributed by atoms with Crippen LogP contribution in [-0.2, 0) is 5.41 Å². The molecule has 0 aromatic carbocycles. The second-order valence-electron chi connectivity index (χ2n) is 3.55. The normalized spacial score (nSPS) is 27.8. The summed E-state index contributed by atoms with van der Waals surface area (Å²) >= 11 is 1.90. The number of thioether (sulfide) groups is 1. The summed E-state index contributed by atoms with van der Waals surface area (Å²) in [4.78, 5) is 14.5. The van der Waals surface area contributed by atoms with Gasteiger partial charge in [-0.3, -0.25) is 4.79 Å². The zero-order valence-electron chi connectivity index (χ0n) is 7.45. The zero-order valence-corrected chi connectivity index (χ0v) is 8.26. The summed E-state index contributed by atoms with van der Waals surface area (Å²) in [5.74, 6) is 3.22. The lowest BCUT2D eigenvalue weighted by Gasteiger charge is -2.16. The number of aldehydes is 1. The lowest BCUT2D eigenvalue weighted by atomic mass is 9.90. The average molecular weight is 197 g/mol. The predicted octanol–water partition coefficient (Wildman–Crippen LogP) is 1.88. The van der Waals surface area contributed by atoms with E-state index in [0.717, 1.165) is 17.9 Å². The molecule has 0 bridgehead atoms. The average Bonchev–Trinajstić information content (AvgIpc) is 2.72. The van der Waals surface area contributed by atoms with Gasteiger partial charge in [0.1, 0.15) is 0 Å². The highest BCUT2D eigenvalue weighted by atomic mass is 32.2. The van der Waals surface area contributed by atoms with Gasteiger partial charge in [-0.1, -0.05) is 6.92 Å². The highest BCUT2D eigenvalue weighted by Gasteiger charge is 2.35. The third kappa shape index (κ3) is 1.50. The molecule has 3 nitrogen and oxygen atoms in total. The van der Waals surface area contributed by atoms with Crippen molar-refractivity contribution < 1.29 is 9.21 Å². The van der Waals surface area contributed by atoms with Crippen molar-refractivity contribution in [1.29, 1.82) is 0 Å². The van der Waals surface area contributed by atoms with Gasteiger partial charge in [0.05, 0.1) is 11.6 Å². The van der Waals surface area contributed by atoms with Crippen LogP contribution in [0.4, 0.5) is 0 Å². The third-order valence-corrected chi connectivity index (χ3v) is 3.71. The van der Waals surface area contributed by atoms with Crippen LogP contribution in [0, 0.1) is 0 Å². The van der Waals surface area contributed by atoms with Crippen LogP contribution >= 0.6 is 11.8 Å². The van der Waals surface area contributed by atoms with Gasteiger partial charge in [-0.2, -0.15) is 11.8 Å². The first-order valence-corrected chi connectivity index (χ1v) is 5.39. The molecule has 2 rings (SSSR count). The van der Waals surface area contributed by atoms with Crippen molar-refractivity contribution in [1.82, 2.24) is 4.98 Å². The standard InChI is InChI=1S/C9H11NO2S/c1-9(2-3-13-6-9)8-10-4-7(5-11)12-8/h4-5H,2-3,6H2,1H3. The Kier molecular flexibility index (Phi) is 2.15. The van der Waals surface area contributed by atoms with Crippen molar-refractivity contribution in [3.8, 4) is 0 Å². The van der Waals surface area contributed by atoms with E-state index in [1.165, 1.54) is 6.20 Å². The van der Waals surface area contributed by atoms with Gasteiger partial charge in [-0.05, 0) is 12.2 Å². The molecule has 70 valence electrons. The number of aromatic nitrogens is 1. The molecule has 0 radical (unpaired) electrons. The first kappa shape index (κ1) is 8.81. The van der Waals surface area contributed by atoms with Gasteiger partial charge in [-0.15, -0.1) is 0 Å². The van der Waals surface area contributed by atoms with Crippen LogP contribution in [0.15, 0.2) is 10.6 Å². The van der Waals surface area contributed by atoms with Gasteiger partial charge in [0, 0.05) is 5.75 Å². The van der Waals surface area contributed by atoms with E-state index < -0.39 is 0 Å². The Morgan fingerprint density at radius 3 is 3.15 bits per heavy atom. The molecule has 13 heavy (non-hydrogen) atoms. The van der Waals surface area contributed by atoms with Gasteiger partial charge in [-0.25, -0.2) is 4.98 Å². The highest BCUT2D eigenvalue weighted by Crippen LogP contribution is 2.37. The summed E-state index contributed by atoms with van der Waals surface area (Å²) in [5.41, 5.74) is 0.0337. The van der Waals surface area contributed by atoms with E-state index in [1.807, 2.05) is 11.8 Å². The molecule has 1 aliphatic heterocycles. The number of carbonyl (C=O) groups is 1. The number of oxazole rings is 1. The second-order valence-corrected chi connectivity index (χ2v) is 4.65. The topological polar surface area (TPSA) is 43.1 Å². The Morgan fingerprint density at radius 2 is 2.62 bits per heavy atom. The Bertz CT molecular complexity index is 315. The molecule has 1 atom stereocenters. The van der Waals surface area contributed by atoms with Crippen LogP contribution in [0.25, 0.3) is 0 Å². The molecule has 1 unspecified atom stereocenters. The second kappa shape index (κ2) is 3.18. The maximum atomic E-state index is 10.4. The molecule has 0 saturated carbocycles. The fourth-order valence-corrected chi connectivity index (χ4v) is 2.91. The molecular weight excluding hydrogens is 186 g/mol. The monoisotopic (exact) mass is 197 g/mol. The summed E-state index contributed by atoms with van der Waals surface area (Å²) in [6, 6.07) is 0. The molecule has 1 fully saturated rings. The summed E-state index contributed by atoms with van der Waals surface area (Å²) in [6.45, 7) is 2.13. The molecule has 1 aromatic rings. The minimum Gasteiger partial charge on any atom is -0.437 e. The molecule has 1 saturated heterocycles. The smallest absolute Gasteiger partial charge is 0.201 e. The van der Waals surface area contributed by atoms with E-state index in [2.05, 4.69) is 11.9 Å². The minimum atomic E-state index is 0.0337. The van der Waals surface area contributed by atoms with Gasteiger partial charge >= 0.3 is 0 Å². The largest absolute Gasteiger partial charge is 0.437 e. The van der Waals surface area contributed by atoms with Gasteiger partial charge in [0.15, 0.2) is 12.0 Å². The third-order valence-electron chi connectivity index (χ3n) is 2.37. The lowest BCUT2D eigenvalue weighted by Crippen LogP contribution is -2.21. The number of carbonyl (C=O) groups excluding carboxylic acids is 1. The Labute approximate surface area is 80.9 Å². The van der Waals surface area contributed by atoms with E-state index in [4.69, 9.17) is 4.42 Å². The molecule has 4 heteroatoms. The van der Waals surface area contributed by atoms with Gasteiger partial charge in [0.25, 0.3) is 0 Å². The van der Waals surface area contributed by atoms with Crippen molar-refractivity contribution in [2.24, 2.45) is 0 Å². The van der Waals surface area contributed by atoms with E-state index in [1.54, 1.807) is 0 Å². The number of nitrogens with zero attached hydrogens (tertiary/aromatic N) is 1. The van der Waals surface area contributed by atoms with Crippen molar-refractivity contribution in [2.45, 2.75) is 18.8 Å². The van der Waals surface area contributed by atoms with Crippen molar-refractivity contribution in [3.63, 3.8) is 0 Å². The molecule has 0 amide bonds. The fraction of sp³-hybridized carbons (Fsp3) is 0.556. The molecule has 0 N–H and O–H groups in total. The molecule has 0 aliphatic carbocycles. The SMILES string of the molecule is CC1(c2ncc(C=O)o2)CCSC1. The van der Waals surface area contributed by atoms with Crippen LogP contribution in [0.2, 0.25) is 0 Å². The number of hydrogen-bond acceptors (Lipinski definition) is 4. The highest BCUT2D eigenvalue weighted by molar-refractivity contribution is 7.99. The van der Waals surface area contributed by atoms with E-state index in [9.17, 15) is 4.79 Å². The van der Waals surface area contributed by atoms with Crippen LogP contribution in [0.1, 0.15) is 29.8 Å². The molecule has 1 aliphatic rings. The minimum absolute atomic E-state index is 0.0337. The Hall–Kier alpha value is -0.770. The first-order valence-electron chi connectivity index (χ1n) is 4.24. The zero-order chi connectivity index (χ0) is 9.31. The fourth-order valence-electron chi connectivity index (χ4n) is 1.46. The predicted molar refractivity (Wildman–Crippen MR) is 51.2 cm³/mol. The Balaban J connectivity index is 2.28. The number of hydrogen-bond donors (Lipinski definition) is 0. The summed E-state index contributed by atoms with van der Waals surface area (Å²) in [6.07, 6.45) is 3.27. The van der Waals surface area contributed by atoms with Gasteiger partial charge in [0.2, 0.25) is 5.89 Å². The first-order chi connectivity index (χ1) is 6.24. The Morgan fingerprint density at radius 1 is 1.77 bits per heavy atom. The molecule has 0 spiro atoms. The maximum Gasteiger partial charge on any atom is 0.201 e. The maximum absolute atomic E-state index is 10.4. The quantitative estimate of drug-likeness (QED) is 0.679. The summed E-state index contributed by atoms with van der Waals surface area (Å²) < 4.78 is 5.33. The summed E-state index contributed by atoms with van der Waals surface area (Å²) in [7, 11) is 0. The van der Waals surface area contributed by atoms with Crippen LogP contribution in [0.5, 0.6) is 0 Å². The van der Waals surface area contributed by atoms with Crippen molar-refractivity contribution in [2.75, 3.05) is 11.5 Å². The van der Waals surface area contributed by atoms with E-state index in [0.29, 0.717) is 17.9 Å². The summed E-state index contributed by atoms with van der Waals surface area (Å²) in [5, 5.41) is 0. The van der Waals surface area contributed by atoms with Crippen LogP contribution in [-0.4, -0.2) is 22.8 Å². The van der Waals surface area contributed by atoms with Gasteiger partial charge < -0.3 is 4.42 Å². The van der Waals surface area contributed by atoms with Crippen molar-refractivity contribution >= 4 is 18.0 Å². The van der Waals surface area contributed by atoms with E-state index in [-0.39, 0.29) is 5.41 Å². The van der Waals surface area contributed by atoms with Crippen LogP contribution in [0.3, 0.4) is 0 Å². The van der Waals surface area contributed by atoms with E-state index >= 15 is 0 Å². The number of rotatable bonds is 2. The van der Waals surface area contributed by atoms with Crippen molar-refractivity contribution in [3.05, 3.63) is 17.8 Å². The molecule has 1 aromatic heterocycles. The lowest BCUT2D eigenvalue weighted by molar-refractivity contribution is 0.109. The molecule has 2 heterocycles. The van der Waals surface area contributed by atoms with Crippen LogP contribution < -0.4 is 0 Å². The molecular formula is C9H11NO2S.